The molecule has 1 aromatic carbocycles. The fraction of sp³-hybridized carbons (Fsp3) is 0.235. The molecular formula is C17H19FN6O2S. The van der Waals surface area contributed by atoms with Crippen molar-refractivity contribution in [3.05, 3.63) is 59.7 Å². The number of anilines is 1. The third-order valence-corrected chi connectivity index (χ3v) is 5.20. The fourth-order valence-electron chi connectivity index (χ4n) is 2.47. The lowest BCUT2D eigenvalue weighted by atomic mass is 10.4. The van der Waals surface area contributed by atoms with E-state index in [0.717, 1.165) is 23.5 Å². The molecule has 3 rings (SSSR count). The van der Waals surface area contributed by atoms with Crippen molar-refractivity contribution in [1.82, 2.24) is 24.7 Å². The zero-order chi connectivity index (χ0) is 19.4. The Morgan fingerprint density at radius 3 is 2.37 bits per heavy atom. The number of aromatic nitrogens is 4. The third kappa shape index (κ3) is 4.66. The van der Waals surface area contributed by atoms with Crippen LogP contribution in [-0.2, 0) is 10.0 Å². The molecule has 10 heteroatoms. The minimum absolute atomic E-state index is 0.0120. The van der Waals surface area contributed by atoms with Crippen LogP contribution in [0, 0.1) is 19.7 Å². The SMILES string of the molecule is Cc1cc(C)n(-c2ccc(NCCNS(=O)(=O)c3ccc(F)cc3)nn2)n1. The van der Waals surface area contributed by atoms with Crippen molar-refractivity contribution >= 4 is 15.8 Å². The normalized spacial score (nSPS) is 11.5. The van der Waals surface area contributed by atoms with Gasteiger partial charge >= 0.3 is 0 Å². The first-order chi connectivity index (χ1) is 12.8. The molecule has 0 saturated heterocycles. The Kier molecular flexibility index (Phi) is 5.47. The van der Waals surface area contributed by atoms with E-state index >= 15 is 0 Å². The van der Waals surface area contributed by atoms with E-state index in [1.807, 2.05) is 19.9 Å². The summed E-state index contributed by atoms with van der Waals surface area (Å²) in [5, 5.41) is 15.5. The van der Waals surface area contributed by atoms with Gasteiger partial charge in [-0.3, -0.25) is 0 Å². The third-order valence-electron chi connectivity index (χ3n) is 3.72. The highest BCUT2D eigenvalue weighted by Gasteiger charge is 2.13. The largest absolute Gasteiger partial charge is 0.367 e. The highest BCUT2D eigenvalue weighted by atomic mass is 32.2. The standard InChI is InChI=1S/C17H19FN6O2S/c1-12-11-13(2)24(23-12)17-8-7-16(21-22-17)19-9-10-20-27(25,26)15-5-3-14(18)4-6-15/h3-8,11,20H,9-10H2,1-2H3,(H,19,21). The van der Waals surface area contributed by atoms with E-state index in [2.05, 4.69) is 25.3 Å². The summed E-state index contributed by atoms with van der Waals surface area (Å²) in [4.78, 5) is 0.0120. The molecule has 3 aromatic rings. The molecule has 0 atom stereocenters. The van der Waals surface area contributed by atoms with E-state index in [9.17, 15) is 12.8 Å². The number of hydrogen-bond acceptors (Lipinski definition) is 6. The summed E-state index contributed by atoms with van der Waals surface area (Å²) in [5.74, 6) is 0.627. The number of hydrogen-bond donors (Lipinski definition) is 2. The van der Waals surface area contributed by atoms with Crippen LogP contribution in [0.2, 0.25) is 0 Å². The summed E-state index contributed by atoms with van der Waals surface area (Å²) in [7, 11) is -3.68. The Balaban J connectivity index is 1.53. The first kappa shape index (κ1) is 18.9. The molecule has 142 valence electrons. The minimum Gasteiger partial charge on any atom is -0.367 e. The van der Waals surface area contributed by atoms with Gasteiger partial charge in [0.25, 0.3) is 0 Å². The van der Waals surface area contributed by atoms with Gasteiger partial charge in [0.1, 0.15) is 11.6 Å². The van der Waals surface area contributed by atoms with E-state index in [1.165, 1.54) is 12.1 Å². The predicted octanol–water partition coefficient (Wildman–Crippen LogP) is 1.81. The van der Waals surface area contributed by atoms with Crippen molar-refractivity contribution in [2.75, 3.05) is 18.4 Å². The van der Waals surface area contributed by atoms with E-state index < -0.39 is 15.8 Å². The molecule has 2 aromatic heterocycles. The molecule has 8 nitrogen and oxygen atoms in total. The zero-order valence-electron chi connectivity index (χ0n) is 14.8. The number of rotatable bonds is 7. The van der Waals surface area contributed by atoms with Crippen LogP contribution in [0.15, 0.2) is 47.4 Å². The van der Waals surface area contributed by atoms with Gasteiger partial charge in [-0.15, -0.1) is 10.2 Å². The van der Waals surface area contributed by atoms with Crippen molar-refractivity contribution < 1.29 is 12.8 Å². The summed E-state index contributed by atoms with van der Waals surface area (Å²) >= 11 is 0. The first-order valence-corrected chi connectivity index (χ1v) is 9.70. The Morgan fingerprint density at radius 1 is 1.04 bits per heavy atom. The van der Waals surface area contributed by atoms with Crippen molar-refractivity contribution in [3.8, 4) is 5.82 Å². The van der Waals surface area contributed by atoms with E-state index in [4.69, 9.17) is 0 Å². The van der Waals surface area contributed by atoms with Gasteiger partial charge < -0.3 is 5.32 Å². The molecule has 0 bridgehead atoms. The van der Waals surface area contributed by atoms with Gasteiger partial charge in [-0.25, -0.2) is 22.2 Å². The highest BCUT2D eigenvalue weighted by Crippen LogP contribution is 2.11. The number of nitrogens with one attached hydrogen (secondary N) is 2. The Hall–Kier alpha value is -2.85. The minimum atomic E-state index is -3.68. The maximum absolute atomic E-state index is 12.9. The lowest BCUT2D eigenvalue weighted by Crippen LogP contribution is -2.29. The Morgan fingerprint density at radius 2 is 1.78 bits per heavy atom. The monoisotopic (exact) mass is 390 g/mol. The second-order valence-corrected chi connectivity index (χ2v) is 7.66. The molecule has 0 aliphatic heterocycles. The molecule has 0 aliphatic rings. The molecule has 0 fully saturated rings. The topological polar surface area (TPSA) is 102 Å². The van der Waals surface area contributed by atoms with Gasteiger partial charge in [0.15, 0.2) is 5.82 Å². The smallest absolute Gasteiger partial charge is 0.240 e. The van der Waals surface area contributed by atoms with Crippen LogP contribution in [0.25, 0.3) is 5.82 Å². The average Bonchev–Trinajstić information content (AvgIpc) is 2.98. The quantitative estimate of drug-likeness (QED) is 0.597. The average molecular weight is 390 g/mol. The second kappa shape index (κ2) is 7.80. The molecule has 0 radical (unpaired) electrons. The number of nitrogens with zero attached hydrogens (tertiary/aromatic N) is 4. The van der Waals surface area contributed by atoms with E-state index in [1.54, 1.807) is 16.8 Å². The van der Waals surface area contributed by atoms with Crippen LogP contribution in [-0.4, -0.2) is 41.5 Å². The van der Waals surface area contributed by atoms with Crippen LogP contribution in [0.5, 0.6) is 0 Å². The number of aryl methyl sites for hydroxylation is 2. The Labute approximate surface area is 156 Å². The lowest BCUT2D eigenvalue weighted by molar-refractivity contribution is 0.582. The molecule has 0 amide bonds. The van der Waals surface area contributed by atoms with Crippen molar-refractivity contribution in [1.29, 1.82) is 0 Å². The van der Waals surface area contributed by atoms with E-state index in [0.29, 0.717) is 18.2 Å². The maximum Gasteiger partial charge on any atom is 0.240 e. The molecular weight excluding hydrogens is 371 g/mol. The highest BCUT2D eigenvalue weighted by molar-refractivity contribution is 7.89. The predicted molar refractivity (Wildman–Crippen MR) is 98.7 cm³/mol. The number of benzene rings is 1. The van der Waals surface area contributed by atoms with Gasteiger partial charge in [-0.2, -0.15) is 5.10 Å². The van der Waals surface area contributed by atoms with Crippen LogP contribution in [0.3, 0.4) is 0 Å². The molecule has 2 N–H and O–H groups in total. The molecule has 0 aliphatic carbocycles. The number of sulfonamides is 1. The van der Waals surface area contributed by atoms with Gasteiger partial charge in [-0.05, 0) is 56.3 Å². The van der Waals surface area contributed by atoms with Crippen LogP contribution in [0.4, 0.5) is 10.2 Å². The fourth-order valence-corrected chi connectivity index (χ4v) is 3.50. The summed E-state index contributed by atoms with van der Waals surface area (Å²) in [6, 6.07) is 10.1. The van der Waals surface area contributed by atoms with Gasteiger partial charge in [0, 0.05) is 18.8 Å². The van der Waals surface area contributed by atoms with Crippen molar-refractivity contribution in [3.63, 3.8) is 0 Å². The molecule has 2 heterocycles. The first-order valence-electron chi connectivity index (χ1n) is 8.22. The number of halogens is 1. The van der Waals surface area contributed by atoms with Gasteiger partial charge in [0.2, 0.25) is 10.0 Å². The zero-order valence-corrected chi connectivity index (χ0v) is 15.7. The van der Waals surface area contributed by atoms with Crippen LogP contribution in [0.1, 0.15) is 11.4 Å². The summed E-state index contributed by atoms with van der Waals surface area (Å²) in [6.07, 6.45) is 0. The summed E-state index contributed by atoms with van der Waals surface area (Å²) < 4.78 is 41.2. The second-order valence-electron chi connectivity index (χ2n) is 5.89. The molecule has 27 heavy (non-hydrogen) atoms. The summed E-state index contributed by atoms with van der Waals surface area (Å²) in [5.41, 5.74) is 1.85. The van der Waals surface area contributed by atoms with Crippen molar-refractivity contribution in [2.24, 2.45) is 0 Å². The lowest BCUT2D eigenvalue weighted by Gasteiger charge is -2.09. The maximum atomic E-state index is 12.9. The van der Waals surface area contributed by atoms with Crippen LogP contribution < -0.4 is 10.0 Å². The van der Waals surface area contributed by atoms with Crippen LogP contribution >= 0.6 is 0 Å². The Bertz CT molecular complexity index is 1020. The molecule has 0 spiro atoms. The van der Waals surface area contributed by atoms with E-state index in [-0.39, 0.29) is 11.4 Å². The van der Waals surface area contributed by atoms with Gasteiger partial charge in [-0.1, -0.05) is 0 Å². The molecule has 0 saturated carbocycles. The van der Waals surface area contributed by atoms with Gasteiger partial charge in [0.05, 0.1) is 10.6 Å². The van der Waals surface area contributed by atoms with Crippen molar-refractivity contribution in [2.45, 2.75) is 18.7 Å². The molecule has 0 unspecified atom stereocenters. The summed E-state index contributed by atoms with van der Waals surface area (Å²) in [6.45, 7) is 4.29.